The van der Waals surface area contributed by atoms with Gasteiger partial charge in [0.15, 0.2) is 0 Å². The molecule has 1 atom stereocenters. The number of likely N-dealkylation sites (tertiary alicyclic amines) is 1. The fourth-order valence-electron chi connectivity index (χ4n) is 6.90. The van der Waals surface area contributed by atoms with E-state index in [1.165, 1.54) is 11.6 Å². The van der Waals surface area contributed by atoms with Crippen molar-refractivity contribution in [3.05, 3.63) is 80.7 Å². The smallest absolute Gasteiger partial charge is 0.433 e. The lowest BCUT2D eigenvalue weighted by atomic mass is 9.89. The number of carbonyl (C=O) groups is 1. The van der Waals surface area contributed by atoms with Gasteiger partial charge in [-0.05, 0) is 42.5 Å². The van der Waals surface area contributed by atoms with Crippen molar-refractivity contribution < 1.29 is 37.7 Å². The number of hydrogen-bond donors (Lipinski definition) is 4. The maximum Gasteiger partial charge on any atom is 0.433 e. The van der Waals surface area contributed by atoms with E-state index in [9.17, 15) is 33.0 Å². The van der Waals surface area contributed by atoms with Crippen molar-refractivity contribution in [3.8, 4) is 5.75 Å². The first-order chi connectivity index (χ1) is 25.9. The number of aromatic amines is 1. The number of rotatable bonds is 15. The number of likely N-dealkylation sites (N-methyl/N-ethyl adjacent to an activating group) is 1. The second kappa shape index (κ2) is 17.6. The first-order valence-corrected chi connectivity index (χ1v) is 18.9. The predicted molar refractivity (Wildman–Crippen MR) is 198 cm³/mol. The Morgan fingerprint density at radius 2 is 1.96 bits per heavy atom. The van der Waals surface area contributed by atoms with Crippen LogP contribution in [0.15, 0.2) is 53.5 Å². The third kappa shape index (κ3) is 10.1. The first-order valence-electron chi connectivity index (χ1n) is 18.0. The number of phenols is 1. The van der Waals surface area contributed by atoms with Crippen molar-refractivity contribution in [2.24, 2.45) is 0 Å². The Kier molecular flexibility index (Phi) is 12.9. The molecule has 6 rings (SSSR count). The molecule has 1 spiro atoms. The minimum atomic E-state index is -4.52. The molecule has 0 saturated carbocycles. The Morgan fingerprint density at radius 1 is 1.17 bits per heavy atom. The van der Waals surface area contributed by atoms with E-state index in [1.807, 2.05) is 6.07 Å². The molecule has 2 aliphatic rings. The highest BCUT2D eigenvalue weighted by atomic mass is 32.1. The van der Waals surface area contributed by atoms with E-state index in [1.54, 1.807) is 22.9 Å². The van der Waals surface area contributed by atoms with Crippen LogP contribution in [0, 0.1) is 0 Å². The number of benzene rings is 2. The fraction of sp³-hybridized carbons (Fsp3) is 0.514. The zero-order valence-electron chi connectivity index (χ0n) is 30.1. The van der Waals surface area contributed by atoms with Gasteiger partial charge in [-0.1, -0.05) is 41.7 Å². The van der Waals surface area contributed by atoms with Crippen LogP contribution in [0.1, 0.15) is 47.8 Å². The number of fused-ring (bicyclic) bond motifs is 1. The summed E-state index contributed by atoms with van der Waals surface area (Å²) < 4.78 is 52.2. The SMILES string of the molecule is CN(CCNC[C@H](O)c1ccc(O)c2[nH]c(=O)sc12)C(=O)CCOCCc1cccc(CN2CCC3(CC2)CN(c2nccc(C(F)(F)F)n2)CCO3)c1. The summed E-state index contributed by atoms with van der Waals surface area (Å²) in [7, 11) is 1.72. The lowest BCUT2D eigenvalue weighted by Crippen LogP contribution is -2.57. The molecule has 2 aromatic heterocycles. The number of H-pyrrole nitrogens is 1. The third-order valence-electron chi connectivity index (χ3n) is 9.96. The molecule has 2 aliphatic heterocycles. The van der Waals surface area contributed by atoms with E-state index in [0.29, 0.717) is 68.2 Å². The highest BCUT2D eigenvalue weighted by molar-refractivity contribution is 7.16. The average molecular weight is 774 g/mol. The maximum atomic E-state index is 13.2. The largest absolute Gasteiger partial charge is 0.506 e. The molecule has 13 nitrogen and oxygen atoms in total. The molecule has 0 unspecified atom stereocenters. The van der Waals surface area contributed by atoms with Gasteiger partial charge in [0.2, 0.25) is 11.9 Å². The van der Waals surface area contributed by atoms with Crippen LogP contribution >= 0.6 is 11.3 Å². The number of aromatic hydroxyl groups is 1. The quantitative estimate of drug-likeness (QED) is 0.131. The van der Waals surface area contributed by atoms with E-state index >= 15 is 0 Å². The number of halogens is 3. The predicted octanol–water partition coefficient (Wildman–Crippen LogP) is 3.71. The molecule has 292 valence electrons. The number of alkyl halides is 3. The molecule has 0 aliphatic carbocycles. The monoisotopic (exact) mass is 773 g/mol. The lowest BCUT2D eigenvalue weighted by Gasteiger charge is -2.47. The van der Waals surface area contributed by atoms with Gasteiger partial charge in [0.25, 0.3) is 0 Å². The van der Waals surface area contributed by atoms with Crippen LogP contribution in [-0.4, -0.2) is 119 Å². The van der Waals surface area contributed by atoms with Gasteiger partial charge in [0, 0.05) is 64.6 Å². The van der Waals surface area contributed by atoms with Crippen LogP contribution in [0.2, 0.25) is 0 Å². The number of nitrogens with zero attached hydrogens (tertiary/aromatic N) is 5. The minimum Gasteiger partial charge on any atom is -0.506 e. The van der Waals surface area contributed by atoms with Gasteiger partial charge < -0.3 is 39.8 Å². The minimum absolute atomic E-state index is 0.0453. The summed E-state index contributed by atoms with van der Waals surface area (Å²) in [6.45, 7) is 5.59. The van der Waals surface area contributed by atoms with Crippen molar-refractivity contribution in [2.45, 2.75) is 50.1 Å². The molecule has 2 fully saturated rings. The van der Waals surface area contributed by atoms with E-state index in [2.05, 4.69) is 43.4 Å². The van der Waals surface area contributed by atoms with Crippen LogP contribution < -0.4 is 15.1 Å². The number of thiazole rings is 1. The third-order valence-corrected chi connectivity index (χ3v) is 10.9. The van der Waals surface area contributed by atoms with Gasteiger partial charge in [0.1, 0.15) is 17.0 Å². The zero-order valence-corrected chi connectivity index (χ0v) is 30.9. The maximum absolute atomic E-state index is 13.2. The summed E-state index contributed by atoms with van der Waals surface area (Å²) in [5, 5.41) is 23.8. The standard InChI is InChI=1S/C37H46F3N7O6S/c1-45(16-13-41-22-29(49)27-5-6-28(48)32-33(27)54-35(51)44-32)31(50)9-19-52-18-8-25-3-2-4-26(21-25)23-46-14-10-36(11-15-46)24-47(17-20-53-36)34-42-12-7-30(43-34)37(38,39)40/h2-7,12,21,29,41,48-49H,8-11,13-20,22-24H2,1H3,(H,44,51)/t29-/m0/s1. The Morgan fingerprint density at radius 3 is 2.76 bits per heavy atom. The number of aliphatic hydroxyl groups is 1. The number of phenolic OH excluding ortho intramolecular Hbond substituents is 1. The first kappa shape index (κ1) is 39.6. The molecule has 4 N–H and O–H groups in total. The normalized spacial score (nSPS) is 16.9. The van der Waals surface area contributed by atoms with Crippen LogP contribution in [0.4, 0.5) is 19.1 Å². The number of aromatic nitrogens is 3. The molecular weight excluding hydrogens is 728 g/mol. The van der Waals surface area contributed by atoms with Gasteiger partial charge in [0.05, 0.1) is 49.2 Å². The van der Waals surface area contributed by atoms with Crippen molar-refractivity contribution in [1.82, 2.24) is 30.1 Å². The van der Waals surface area contributed by atoms with E-state index < -0.39 is 23.6 Å². The van der Waals surface area contributed by atoms with Crippen LogP contribution in [0.25, 0.3) is 10.2 Å². The molecule has 2 aromatic carbocycles. The summed E-state index contributed by atoms with van der Waals surface area (Å²) in [6, 6.07) is 12.3. The van der Waals surface area contributed by atoms with Crippen molar-refractivity contribution >= 4 is 33.4 Å². The number of aliphatic hydroxyl groups excluding tert-OH is 1. The summed E-state index contributed by atoms with van der Waals surface area (Å²) in [4.78, 5) is 40.3. The summed E-state index contributed by atoms with van der Waals surface area (Å²) in [6.07, 6.45) is -1.78. The summed E-state index contributed by atoms with van der Waals surface area (Å²) in [5.74, 6) is -0.00622. The fourth-order valence-corrected chi connectivity index (χ4v) is 7.82. The van der Waals surface area contributed by atoms with Gasteiger partial charge in [-0.15, -0.1) is 0 Å². The van der Waals surface area contributed by atoms with E-state index in [0.717, 1.165) is 61.6 Å². The van der Waals surface area contributed by atoms with E-state index in [-0.39, 0.29) is 35.4 Å². The Labute approximate surface area is 314 Å². The zero-order chi connectivity index (χ0) is 38.3. The second-order valence-corrected chi connectivity index (χ2v) is 14.8. The van der Waals surface area contributed by atoms with Crippen LogP contribution in [0.5, 0.6) is 5.75 Å². The summed E-state index contributed by atoms with van der Waals surface area (Å²) >= 11 is 0.936. The Balaban J connectivity index is 0.860. The Hall–Kier alpha value is -4.13. The van der Waals surface area contributed by atoms with Gasteiger partial charge >= 0.3 is 11.0 Å². The molecule has 54 heavy (non-hydrogen) atoms. The second-order valence-electron chi connectivity index (χ2n) is 13.8. The number of piperidine rings is 1. The van der Waals surface area contributed by atoms with Crippen molar-refractivity contribution in [3.63, 3.8) is 0 Å². The van der Waals surface area contributed by atoms with E-state index in [4.69, 9.17) is 9.47 Å². The van der Waals surface area contributed by atoms with Crippen molar-refractivity contribution in [1.29, 1.82) is 0 Å². The number of amides is 1. The van der Waals surface area contributed by atoms with Gasteiger partial charge in [-0.3, -0.25) is 14.5 Å². The number of ether oxygens (including phenoxy) is 2. The summed E-state index contributed by atoms with van der Waals surface area (Å²) in [5.41, 5.74) is 1.80. The molecule has 1 amide bonds. The number of nitrogens with one attached hydrogen (secondary N) is 2. The lowest BCUT2D eigenvalue weighted by molar-refractivity contribution is -0.141. The molecule has 0 radical (unpaired) electrons. The van der Waals surface area contributed by atoms with Gasteiger partial charge in [-0.25, -0.2) is 9.97 Å². The number of morpholine rings is 1. The molecular formula is C37H46F3N7O6S. The topological polar surface area (TPSA) is 156 Å². The number of carbonyl (C=O) groups excluding carboxylic acids is 1. The average Bonchev–Trinajstić information content (AvgIpc) is 3.56. The molecule has 4 heterocycles. The highest BCUT2D eigenvalue weighted by Gasteiger charge is 2.41. The Bertz CT molecular complexity index is 1930. The number of hydrogen-bond acceptors (Lipinski definition) is 12. The van der Waals surface area contributed by atoms with Crippen LogP contribution in [0.3, 0.4) is 0 Å². The van der Waals surface area contributed by atoms with Crippen molar-refractivity contribution in [2.75, 3.05) is 77.6 Å². The van der Waals surface area contributed by atoms with Crippen LogP contribution in [-0.2, 0) is 33.4 Å². The molecule has 4 aromatic rings. The highest BCUT2D eigenvalue weighted by Crippen LogP contribution is 2.34. The number of anilines is 1. The molecule has 0 bridgehead atoms. The molecule has 17 heteroatoms. The van der Waals surface area contributed by atoms with Gasteiger partial charge in [-0.2, -0.15) is 13.2 Å². The molecule has 2 saturated heterocycles.